The van der Waals surface area contributed by atoms with Crippen molar-refractivity contribution in [2.45, 2.75) is 25.0 Å². The molecule has 0 amide bonds. The van der Waals surface area contributed by atoms with Crippen LogP contribution in [0.4, 0.5) is 4.39 Å². The average Bonchev–Trinajstić information content (AvgIpc) is 2.80. The van der Waals surface area contributed by atoms with Crippen LogP contribution in [0.1, 0.15) is 12.8 Å². The predicted octanol–water partition coefficient (Wildman–Crippen LogP) is 3.52. The largest absolute Gasteiger partial charge is 0.487 e. The summed E-state index contributed by atoms with van der Waals surface area (Å²) in [5.41, 5.74) is 0. The maximum absolute atomic E-state index is 13.6. The number of para-hydroxylation sites is 1. The summed E-state index contributed by atoms with van der Waals surface area (Å²) in [6, 6.07) is 7.42. The Balaban J connectivity index is 1.49. The van der Waals surface area contributed by atoms with Gasteiger partial charge in [-0.3, -0.25) is 4.90 Å². The number of hydrogen-bond donors (Lipinski definition) is 0. The Hall–Kier alpha value is -0.390. The number of piperidine rings is 1. The van der Waals surface area contributed by atoms with E-state index in [4.69, 9.17) is 4.74 Å². The molecule has 0 spiro atoms. The molecule has 21 heavy (non-hydrogen) atoms. The number of likely N-dealkylation sites (tertiary alicyclic amines) is 1. The van der Waals surface area contributed by atoms with Crippen LogP contribution in [-0.2, 0) is 0 Å². The number of thioether (sulfide) groups is 2. The molecule has 0 saturated carbocycles. The zero-order chi connectivity index (χ0) is 14.5. The molecule has 0 unspecified atom stereocenters. The first-order valence-electron chi connectivity index (χ1n) is 7.63. The molecule has 0 N–H and O–H groups in total. The van der Waals surface area contributed by atoms with E-state index in [1.165, 1.54) is 29.1 Å². The number of rotatable bonds is 3. The highest BCUT2D eigenvalue weighted by molar-refractivity contribution is 8.03. The third-order valence-electron chi connectivity index (χ3n) is 4.12. The monoisotopic (exact) mass is 327 g/mol. The zero-order valence-electron chi connectivity index (χ0n) is 12.2. The summed E-state index contributed by atoms with van der Waals surface area (Å²) < 4.78 is 19.5. The molecule has 0 aromatic heterocycles. The number of benzene rings is 1. The SMILES string of the molecule is Fc1ccccc1OC1CCN(C2CSCCSC2)CC1. The van der Waals surface area contributed by atoms with E-state index in [1.54, 1.807) is 12.1 Å². The summed E-state index contributed by atoms with van der Waals surface area (Å²) in [6.45, 7) is 2.15. The lowest BCUT2D eigenvalue weighted by atomic mass is 10.1. The van der Waals surface area contributed by atoms with Gasteiger partial charge in [-0.2, -0.15) is 23.5 Å². The minimum atomic E-state index is -0.253. The third kappa shape index (κ3) is 4.30. The van der Waals surface area contributed by atoms with E-state index in [1.807, 2.05) is 6.07 Å². The standard InChI is InChI=1S/C16H22FNOS2/c17-15-3-1-2-4-16(15)19-14-5-7-18(8-6-14)13-11-20-9-10-21-12-13/h1-4,13-14H,5-12H2. The summed E-state index contributed by atoms with van der Waals surface area (Å²) in [6.07, 6.45) is 2.16. The Bertz CT molecular complexity index is 444. The smallest absolute Gasteiger partial charge is 0.165 e. The van der Waals surface area contributed by atoms with Gasteiger partial charge in [0, 0.05) is 42.1 Å². The Morgan fingerprint density at radius 3 is 2.38 bits per heavy atom. The first-order valence-corrected chi connectivity index (χ1v) is 9.94. The molecule has 0 aliphatic carbocycles. The first-order chi connectivity index (χ1) is 10.3. The Labute approximate surface area is 134 Å². The van der Waals surface area contributed by atoms with Crippen LogP contribution in [0, 0.1) is 5.82 Å². The van der Waals surface area contributed by atoms with Crippen molar-refractivity contribution in [2.75, 3.05) is 36.1 Å². The maximum atomic E-state index is 13.6. The van der Waals surface area contributed by atoms with Gasteiger partial charge < -0.3 is 4.74 Å². The van der Waals surface area contributed by atoms with Crippen molar-refractivity contribution in [1.29, 1.82) is 0 Å². The normalized spacial score (nSPS) is 22.9. The summed E-state index contributed by atoms with van der Waals surface area (Å²) >= 11 is 4.16. The average molecular weight is 327 g/mol. The highest BCUT2D eigenvalue weighted by Crippen LogP contribution is 2.26. The molecule has 0 radical (unpaired) electrons. The fourth-order valence-corrected chi connectivity index (χ4v) is 5.52. The van der Waals surface area contributed by atoms with Gasteiger partial charge >= 0.3 is 0 Å². The number of hydrogen-bond acceptors (Lipinski definition) is 4. The lowest BCUT2D eigenvalue weighted by molar-refractivity contribution is 0.0836. The van der Waals surface area contributed by atoms with Crippen LogP contribution in [-0.4, -0.2) is 53.1 Å². The second kappa shape index (κ2) is 7.75. The van der Waals surface area contributed by atoms with Crippen molar-refractivity contribution in [1.82, 2.24) is 4.90 Å². The zero-order valence-corrected chi connectivity index (χ0v) is 13.8. The molecule has 2 aliphatic heterocycles. The summed E-state index contributed by atoms with van der Waals surface area (Å²) in [5.74, 6) is 5.23. The molecular formula is C16H22FNOS2. The molecular weight excluding hydrogens is 305 g/mol. The minimum absolute atomic E-state index is 0.157. The van der Waals surface area contributed by atoms with Crippen molar-refractivity contribution in [3.05, 3.63) is 30.1 Å². The fraction of sp³-hybridized carbons (Fsp3) is 0.625. The van der Waals surface area contributed by atoms with E-state index in [2.05, 4.69) is 28.4 Å². The maximum Gasteiger partial charge on any atom is 0.165 e. The molecule has 2 saturated heterocycles. The van der Waals surface area contributed by atoms with E-state index < -0.39 is 0 Å². The molecule has 2 nitrogen and oxygen atoms in total. The van der Waals surface area contributed by atoms with Crippen molar-refractivity contribution < 1.29 is 9.13 Å². The van der Waals surface area contributed by atoms with E-state index in [9.17, 15) is 4.39 Å². The molecule has 2 heterocycles. The van der Waals surface area contributed by atoms with E-state index >= 15 is 0 Å². The molecule has 5 heteroatoms. The lowest BCUT2D eigenvalue weighted by Gasteiger charge is -2.36. The molecule has 0 atom stereocenters. The number of ether oxygens (including phenoxy) is 1. The second-order valence-electron chi connectivity index (χ2n) is 5.59. The van der Waals surface area contributed by atoms with Crippen LogP contribution in [0.15, 0.2) is 24.3 Å². The highest BCUT2D eigenvalue weighted by Gasteiger charge is 2.27. The Morgan fingerprint density at radius 1 is 1.05 bits per heavy atom. The molecule has 2 aliphatic rings. The molecule has 2 fully saturated rings. The van der Waals surface area contributed by atoms with Gasteiger partial charge in [0.05, 0.1) is 0 Å². The van der Waals surface area contributed by atoms with Gasteiger partial charge in [0.15, 0.2) is 11.6 Å². The van der Waals surface area contributed by atoms with Gasteiger partial charge in [0.25, 0.3) is 0 Å². The van der Waals surface area contributed by atoms with Crippen molar-refractivity contribution >= 4 is 23.5 Å². The van der Waals surface area contributed by atoms with Gasteiger partial charge in [-0.15, -0.1) is 0 Å². The lowest BCUT2D eigenvalue weighted by Crippen LogP contribution is -2.46. The third-order valence-corrected chi connectivity index (χ3v) is 6.60. The van der Waals surface area contributed by atoms with Crippen molar-refractivity contribution in [3.8, 4) is 5.75 Å². The minimum Gasteiger partial charge on any atom is -0.487 e. The van der Waals surface area contributed by atoms with Crippen molar-refractivity contribution in [2.24, 2.45) is 0 Å². The second-order valence-corrected chi connectivity index (χ2v) is 7.89. The van der Waals surface area contributed by atoms with Crippen LogP contribution < -0.4 is 4.74 Å². The summed E-state index contributed by atoms with van der Waals surface area (Å²) in [4.78, 5) is 2.60. The van der Waals surface area contributed by atoms with Crippen LogP contribution in [0.2, 0.25) is 0 Å². The quantitative estimate of drug-likeness (QED) is 0.842. The van der Waals surface area contributed by atoms with Crippen LogP contribution in [0.25, 0.3) is 0 Å². The van der Waals surface area contributed by atoms with Gasteiger partial charge in [-0.1, -0.05) is 12.1 Å². The van der Waals surface area contributed by atoms with Crippen LogP contribution >= 0.6 is 23.5 Å². The summed E-state index contributed by atoms with van der Waals surface area (Å²) in [7, 11) is 0. The molecule has 0 bridgehead atoms. The first kappa shape index (κ1) is 15.5. The number of nitrogens with zero attached hydrogens (tertiary/aromatic N) is 1. The van der Waals surface area contributed by atoms with Gasteiger partial charge in [0.2, 0.25) is 0 Å². The molecule has 1 aromatic carbocycles. The Kier molecular flexibility index (Phi) is 5.72. The van der Waals surface area contributed by atoms with Gasteiger partial charge in [-0.05, 0) is 25.0 Å². The highest BCUT2D eigenvalue weighted by atomic mass is 32.2. The van der Waals surface area contributed by atoms with Gasteiger partial charge in [-0.25, -0.2) is 4.39 Å². The van der Waals surface area contributed by atoms with E-state index in [0.29, 0.717) is 11.8 Å². The van der Waals surface area contributed by atoms with Gasteiger partial charge in [0.1, 0.15) is 6.10 Å². The van der Waals surface area contributed by atoms with Crippen LogP contribution in [0.5, 0.6) is 5.75 Å². The van der Waals surface area contributed by atoms with Crippen LogP contribution in [0.3, 0.4) is 0 Å². The molecule has 1 aromatic rings. The fourth-order valence-electron chi connectivity index (χ4n) is 2.89. The van der Waals surface area contributed by atoms with Crippen molar-refractivity contribution in [3.63, 3.8) is 0 Å². The summed E-state index contributed by atoms with van der Waals surface area (Å²) in [5, 5.41) is 0. The molecule has 3 rings (SSSR count). The Morgan fingerprint density at radius 2 is 1.71 bits per heavy atom. The molecule has 116 valence electrons. The topological polar surface area (TPSA) is 12.5 Å². The number of halogens is 1. The predicted molar refractivity (Wildman–Crippen MR) is 90.1 cm³/mol. The van der Waals surface area contributed by atoms with E-state index in [-0.39, 0.29) is 11.9 Å². The van der Waals surface area contributed by atoms with E-state index in [0.717, 1.165) is 25.9 Å².